The summed E-state index contributed by atoms with van der Waals surface area (Å²) in [7, 11) is 1.53. The van der Waals surface area contributed by atoms with Crippen LogP contribution in [0.4, 0.5) is 5.82 Å². The SMILES string of the molecule is COCCO[C@@H]1[C@H](O)[C@@H](COP(O)(O)=S)O[C@H]1n1cnc2c(N)ncnc21. The normalized spacial score (nSPS) is 26.1. The molecule has 4 atom stereocenters. The highest BCUT2D eigenvalue weighted by Gasteiger charge is 2.46. The maximum Gasteiger partial charge on any atom is 0.321 e. The van der Waals surface area contributed by atoms with E-state index in [1.807, 2.05) is 0 Å². The average Bonchev–Trinajstić information content (AvgIpc) is 3.16. The first-order valence-electron chi connectivity index (χ1n) is 7.89. The van der Waals surface area contributed by atoms with E-state index < -0.39 is 31.3 Å². The van der Waals surface area contributed by atoms with Crippen molar-refractivity contribution in [1.82, 2.24) is 19.5 Å². The number of anilines is 1. The lowest BCUT2D eigenvalue weighted by atomic mass is 10.1. The number of rotatable bonds is 8. The minimum atomic E-state index is -3.89. The predicted molar refractivity (Wildman–Crippen MR) is 95.9 cm³/mol. The molecule has 1 fully saturated rings. The number of ether oxygens (including phenoxy) is 3. The van der Waals surface area contributed by atoms with Crippen LogP contribution in [-0.2, 0) is 30.5 Å². The first kappa shape index (κ1) is 20.5. The van der Waals surface area contributed by atoms with E-state index in [0.717, 1.165) is 0 Å². The molecule has 12 nitrogen and oxygen atoms in total. The largest absolute Gasteiger partial charge is 0.387 e. The quantitative estimate of drug-likeness (QED) is 0.301. The second kappa shape index (κ2) is 8.39. The lowest BCUT2D eigenvalue weighted by Crippen LogP contribution is -2.36. The van der Waals surface area contributed by atoms with Gasteiger partial charge in [0.25, 0.3) is 0 Å². The molecule has 0 amide bonds. The second-order valence-electron chi connectivity index (χ2n) is 5.75. The zero-order valence-electron chi connectivity index (χ0n) is 14.3. The van der Waals surface area contributed by atoms with Crippen LogP contribution in [0.25, 0.3) is 11.2 Å². The van der Waals surface area contributed by atoms with Crippen molar-refractivity contribution in [1.29, 1.82) is 0 Å². The van der Waals surface area contributed by atoms with Gasteiger partial charge in [0.1, 0.15) is 30.2 Å². The van der Waals surface area contributed by atoms with Gasteiger partial charge in [0.05, 0.1) is 26.1 Å². The van der Waals surface area contributed by atoms with Gasteiger partial charge in [0.15, 0.2) is 17.7 Å². The summed E-state index contributed by atoms with van der Waals surface area (Å²) in [6, 6.07) is 0. The Morgan fingerprint density at radius 3 is 2.81 bits per heavy atom. The van der Waals surface area contributed by atoms with Gasteiger partial charge in [-0.05, 0) is 11.8 Å². The number of nitrogens with two attached hydrogens (primary N) is 1. The van der Waals surface area contributed by atoms with Gasteiger partial charge in [-0.15, -0.1) is 0 Å². The van der Waals surface area contributed by atoms with Crippen molar-refractivity contribution in [2.75, 3.05) is 32.7 Å². The third kappa shape index (κ3) is 4.59. The minimum absolute atomic E-state index is 0.202. The number of methoxy groups -OCH3 is 1. The van der Waals surface area contributed by atoms with Crippen LogP contribution < -0.4 is 5.73 Å². The molecule has 0 spiro atoms. The standard InChI is InChI=1S/C13H20N5O7PS/c1-22-2-3-23-10-9(19)7(4-24-26(20,21)27)25-13(10)18-6-17-8-11(14)15-5-16-12(8)18/h5-7,9-10,13,19H,2-4H2,1H3,(H2,14,15,16)(H2,20,21,27)/t7-,9-,10-,13-/m1/s1. The molecule has 0 bridgehead atoms. The summed E-state index contributed by atoms with van der Waals surface area (Å²) in [6.07, 6.45) is -0.954. The number of nitrogens with zero attached hydrogens (tertiary/aromatic N) is 4. The highest BCUT2D eigenvalue weighted by atomic mass is 32.5. The Kier molecular flexibility index (Phi) is 6.35. The average molecular weight is 421 g/mol. The van der Waals surface area contributed by atoms with Crippen LogP contribution >= 0.6 is 6.72 Å². The molecule has 0 aliphatic carbocycles. The zero-order valence-corrected chi connectivity index (χ0v) is 16.0. The van der Waals surface area contributed by atoms with Crippen LogP contribution in [0.3, 0.4) is 0 Å². The summed E-state index contributed by atoms with van der Waals surface area (Å²) in [6.45, 7) is -3.70. The number of nitrogen functional groups attached to an aromatic ring is 1. The molecule has 0 aromatic carbocycles. The van der Waals surface area contributed by atoms with E-state index in [-0.39, 0.29) is 19.0 Å². The lowest BCUT2D eigenvalue weighted by molar-refractivity contribution is -0.0781. The van der Waals surface area contributed by atoms with Crippen LogP contribution in [-0.4, -0.2) is 79.7 Å². The summed E-state index contributed by atoms with van der Waals surface area (Å²) < 4.78 is 22.9. The topological polar surface area (TPSA) is 167 Å². The number of hydrogen-bond donors (Lipinski definition) is 4. The van der Waals surface area contributed by atoms with E-state index >= 15 is 0 Å². The molecule has 1 aliphatic rings. The monoisotopic (exact) mass is 421 g/mol. The van der Waals surface area contributed by atoms with Crippen LogP contribution in [0.2, 0.25) is 0 Å². The Balaban J connectivity index is 1.87. The van der Waals surface area contributed by atoms with Gasteiger partial charge in [0, 0.05) is 7.11 Å². The molecule has 0 unspecified atom stereocenters. The van der Waals surface area contributed by atoms with E-state index in [9.17, 15) is 14.9 Å². The molecule has 0 radical (unpaired) electrons. The summed E-state index contributed by atoms with van der Waals surface area (Å²) in [4.78, 5) is 30.7. The minimum Gasteiger partial charge on any atom is -0.387 e. The van der Waals surface area contributed by atoms with E-state index in [0.29, 0.717) is 17.8 Å². The number of fused-ring (bicyclic) bond motifs is 1. The van der Waals surface area contributed by atoms with Crippen molar-refractivity contribution in [2.45, 2.75) is 24.5 Å². The first-order chi connectivity index (χ1) is 12.8. The molecular weight excluding hydrogens is 401 g/mol. The molecule has 1 aliphatic heterocycles. The fraction of sp³-hybridized carbons (Fsp3) is 0.615. The van der Waals surface area contributed by atoms with Crippen LogP contribution in [0.5, 0.6) is 0 Å². The van der Waals surface area contributed by atoms with Crippen molar-refractivity contribution in [2.24, 2.45) is 0 Å². The molecule has 2 aromatic rings. The second-order valence-corrected chi connectivity index (χ2v) is 8.42. The molecule has 150 valence electrons. The number of hydrogen-bond acceptors (Lipinski definition) is 10. The predicted octanol–water partition coefficient (Wildman–Crippen LogP) is -1.08. The van der Waals surface area contributed by atoms with Gasteiger partial charge in [-0.1, -0.05) is 0 Å². The van der Waals surface area contributed by atoms with Crippen molar-refractivity contribution >= 4 is 35.5 Å². The number of aliphatic hydroxyl groups is 1. The van der Waals surface area contributed by atoms with Crippen LogP contribution in [0, 0.1) is 0 Å². The maximum absolute atomic E-state index is 10.6. The molecule has 5 N–H and O–H groups in total. The van der Waals surface area contributed by atoms with Crippen molar-refractivity contribution < 1.29 is 33.6 Å². The fourth-order valence-electron chi connectivity index (χ4n) is 2.75. The fourth-order valence-corrected chi connectivity index (χ4v) is 3.28. The molecule has 14 heteroatoms. The summed E-state index contributed by atoms with van der Waals surface area (Å²) >= 11 is 4.43. The first-order valence-corrected chi connectivity index (χ1v) is 10.5. The van der Waals surface area contributed by atoms with E-state index in [4.69, 9.17) is 24.5 Å². The number of aromatic nitrogens is 4. The Morgan fingerprint density at radius 2 is 2.11 bits per heavy atom. The highest BCUT2D eigenvalue weighted by molar-refractivity contribution is 8.06. The molecule has 3 heterocycles. The van der Waals surface area contributed by atoms with Gasteiger partial charge in [-0.3, -0.25) is 4.57 Å². The molecule has 3 rings (SSSR count). The van der Waals surface area contributed by atoms with Gasteiger partial charge in [0.2, 0.25) is 0 Å². The Labute approximate surface area is 159 Å². The Morgan fingerprint density at radius 1 is 1.33 bits per heavy atom. The van der Waals surface area contributed by atoms with Crippen LogP contribution in [0.15, 0.2) is 12.7 Å². The van der Waals surface area contributed by atoms with Crippen molar-refractivity contribution in [3.05, 3.63) is 12.7 Å². The molecule has 27 heavy (non-hydrogen) atoms. The lowest BCUT2D eigenvalue weighted by Gasteiger charge is -2.22. The summed E-state index contributed by atoms with van der Waals surface area (Å²) in [5.74, 6) is 0.204. The summed E-state index contributed by atoms with van der Waals surface area (Å²) in [5.41, 5.74) is 6.58. The molecule has 1 saturated heterocycles. The zero-order chi connectivity index (χ0) is 19.6. The number of imidazole rings is 1. The van der Waals surface area contributed by atoms with Gasteiger partial charge >= 0.3 is 6.72 Å². The number of aliphatic hydroxyl groups excluding tert-OH is 1. The Bertz CT molecular complexity index is 832. The van der Waals surface area contributed by atoms with Gasteiger partial charge in [-0.2, -0.15) is 0 Å². The van der Waals surface area contributed by atoms with Gasteiger partial charge in [-0.25, -0.2) is 15.0 Å². The summed E-state index contributed by atoms with van der Waals surface area (Å²) in [5, 5.41) is 10.6. The van der Waals surface area contributed by atoms with Gasteiger partial charge < -0.3 is 39.4 Å². The van der Waals surface area contributed by atoms with E-state index in [1.54, 1.807) is 4.57 Å². The Hall–Kier alpha value is -1.28. The highest BCUT2D eigenvalue weighted by Crippen LogP contribution is 2.39. The molecular formula is C13H20N5O7PS. The maximum atomic E-state index is 10.6. The third-order valence-electron chi connectivity index (χ3n) is 3.98. The smallest absolute Gasteiger partial charge is 0.321 e. The van der Waals surface area contributed by atoms with E-state index in [1.165, 1.54) is 19.8 Å². The van der Waals surface area contributed by atoms with E-state index in [2.05, 4.69) is 26.8 Å². The molecule has 0 saturated carbocycles. The van der Waals surface area contributed by atoms with Crippen LogP contribution in [0.1, 0.15) is 6.23 Å². The van der Waals surface area contributed by atoms with Crippen molar-refractivity contribution in [3.8, 4) is 0 Å². The third-order valence-corrected chi connectivity index (χ3v) is 4.78. The van der Waals surface area contributed by atoms with Crippen molar-refractivity contribution in [3.63, 3.8) is 0 Å². The molecule has 2 aromatic heterocycles.